The molecule has 196 valence electrons. The summed E-state index contributed by atoms with van der Waals surface area (Å²) in [5, 5.41) is 3.40. The lowest BCUT2D eigenvalue weighted by Gasteiger charge is -2.39. The van der Waals surface area contributed by atoms with Gasteiger partial charge in [-0.05, 0) is 67.0 Å². The number of carbonyl (C=O) groups excluding carboxylic acids is 2. The maximum Gasteiger partial charge on any atom is 0.256 e. The zero-order chi connectivity index (χ0) is 26.5. The zero-order valence-corrected chi connectivity index (χ0v) is 22.3. The van der Waals surface area contributed by atoms with Crippen LogP contribution in [0.4, 0.5) is 11.4 Å². The Kier molecular flexibility index (Phi) is 8.00. The highest BCUT2D eigenvalue weighted by Gasteiger charge is 2.47. The van der Waals surface area contributed by atoms with Crippen LogP contribution in [0.25, 0.3) is 0 Å². The van der Waals surface area contributed by atoms with Gasteiger partial charge < -0.3 is 15.0 Å². The SMILES string of the molecule is COc1ccc(NC(=O)C[C@@H]2C(=O)N(c3ccccc3)C(=S)N2C2CCN(Cc3ccccc3)CC2)cc1. The largest absolute Gasteiger partial charge is 0.497 e. The van der Waals surface area contributed by atoms with E-state index in [9.17, 15) is 9.59 Å². The minimum absolute atomic E-state index is 0.0264. The number of methoxy groups -OCH3 is 1. The molecule has 1 atom stereocenters. The first-order valence-corrected chi connectivity index (χ1v) is 13.4. The normalized spacial score (nSPS) is 18.6. The van der Waals surface area contributed by atoms with Gasteiger partial charge in [0.2, 0.25) is 5.91 Å². The first kappa shape index (κ1) is 25.9. The molecule has 2 fully saturated rings. The highest BCUT2D eigenvalue weighted by atomic mass is 32.1. The van der Waals surface area contributed by atoms with Gasteiger partial charge in [-0.1, -0.05) is 48.5 Å². The van der Waals surface area contributed by atoms with Crippen LogP contribution in [0.5, 0.6) is 5.75 Å². The second-order valence-electron chi connectivity index (χ2n) is 9.69. The predicted octanol–water partition coefficient (Wildman–Crippen LogP) is 4.69. The molecule has 2 aliphatic rings. The van der Waals surface area contributed by atoms with Gasteiger partial charge in [-0.2, -0.15) is 0 Å². The Bertz CT molecular complexity index is 1260. The second-order valence-corrected chi connectivity index (χ2v) is 10.1. The Morgan fingerprint density at radius 2 is 1.58 bits per heavy atom. The number of anilines is 2. The third-order valence-electron chi connectivity index (χ3n) is 7.22. The van der Waals surface area contributed by atoms with Crippen molar-refractivity contribution in [2.45, 2.75) is 37.9 Å². The summed E-state index contributed by atoms with van der Waals surface area (Å²) in [5.74, 6) is 0.332. The third-order valence-corrected chi connectivity index (χ3v) is 7.61. The molecule has 0 aliphatic carbocycles. The van der Waals surface area contributed by atoms with E-state index in [1.807, 2.05) is 41.3 Å². The van der Waals surface area contributed by atoms with Gasteiger partial charge in [-0.15, -0.1) is 0 Å². The molecule has 0 aromatic heterocycles. The molecule has 3 aromatic rings. The highest BCUT2D eigenvalue weighted by Crippen LogP contribution is 2.32. The van der Waals surface area contributed by atoms with Gasteiger partial charge in [0.1, 0.15) is 11.8 Å². The summed E-state index contributed by atoms with van der Waals surface area (Å²) in [7, 11) is 1.60. The highest BCUT2D eigenvalue weighted by molar-refractivity contribution is 7.80. The lowest BCUT2D eigenvalue weighted by atomic mass is 10.00. The van der Waals surface area contributed by atoms with Crippen molar-refractivity contribution in [3.05, 3.63) is 90.5 Å². The summed E-state index contributed by atoms with van der Waals surface area (Å²) < 4.78 is 5.20. The molecule has 2 saturated heterocycles. The molecule has 7 nitrogen and oxygen atoms in total. The van der Waals surface area contributed by atoms with Crippen LogP contribution >= 0.6 is 12.2 Å². The number of piperidine rings is 1. The van der Waals surface area contributed by atoms with Crippen molar-refractivity contribution in [1.29, 1.82) is 0 Å². The van der Waals surface area contributed by atoms with Crippen molar-refractivity contribution in [2.75, 3.05) is 30.4 Å². The molecule has 0 bridgehead atoms. The number of para-hydroxylation sites is 1. The first-order valence-electron chi connectivity index (χ1n) is 12.9. The molecule has 1 N–H and O–H groups in total. The predicted molar refractivity (Wildman–Crippen MR) is 153 cm³/mol. The Labute approximate surface area is 229 Å². The van der Waals surface area contributed by atoms with E-state index in [0.717, 1.165) is 38.2 Å². The van der Waals surface area contributed by atoms with E-state index in [2.05, 4.69) is 34.5 Å². The van der Waals surface area contributed by atoms with Crippen molar-refractivity contribution in [2.24, 2.45) is 0 Å². The van der Waals surface area contributed by atoms with Gasteiger partial charge in [-0.25, -0.2) is 0 Å². The zero-order valence-electron chi connectivity index (χ0n) is 21.5. The maximum atomic E-state index is 13.7. The standard InChI is InChI=1S/C30H32N4O3S/c1-37-26-14-12-23(13-15-26)31-28(35)20-27-29(36)34(24-10-6-3-7-11-24)30(38)33(27)25-16-18-32(19-17-25)21-22-8-4-2-5-9-22/h2-15,25,27H,16-21H2,1H3,(H,31,35)/t27-/m1/s1. The number of hydrogen-bond donors (Lipinski definition) is 1. The van der Waals surface area contributed by atoms with E-state index in [4.69, 9.17) is 17.0 Å². The fraction of sp³-hybridized carbons (Fsp3) is 0.300. The molecule has 0 radical (unpaired) electrons. The van der Waals surface area contributed by atoms with E-state index >= 15 is 0 Å². The Balaban J connectivity index is 1.31. The molecule has 38 heavy (non-hydrogen) atoms. The summed E-state index contributed by atoms with van der Waals surface area (Å²) in [6, 6.07) is 26.5. The van der Waals surface area contributed by atoms with Crippen molar-refractivity contribution in [3.63, 3.8) is 0 Å². The third kappa shape index (κ3) is 5.71. The Hall–Kier alpha value is -3.75. The number of likely N-dealkylation sites (tertiary alicyclic amines) is 1. The minimum Gasteiger partial charge on any atom is -0.497 e. The average molecular weight is 529 g/mol. The van der Waals surface area contributed by atoms with Crippen molar-refractivity contribution < 1.29 is 14.3 Å². The number of carbonyl (C=O) groups is 2. The molecule has 2 amide bonds. The Morgan fingerprint density at radius 3 is 2.21 bits per heavy atom. The molecule has 0 saturated carbocycles. The van der Waals surface area contributed by atoms with E-state index in [0.29, 0.717) is 16.5 Å². The van der Waals surface area contributed by atoms with Crippen LogP contribution in [-0.4, -0.2) is 59.0 Å². The van der Waals surface area contributed by atoms with Gasteiger partial charge in [0.15, 0.2) is 5.11 Å². The molecule has 2 aliphatic heterocycles. The monoisotopic (exact) mass is 528 g/mol. The van der Waals surface area contributed by atoms with Gasteiger partial charge in [0.25, 0.3) is 5.91 Å². The number of nitrogens with one attached hydrogen (secondary N) is 1. The maximum absolute atomic E-state index is 13.7. The summed E-state index contributed by atoms with van der Waals surface area (Å²) in [5.41, 5.74) is 2.68. The summed E-state index contributed by atoms with van der Waals surface area (Å²) in [6.45, 7) is 2.71. The number of hydrogen-bond acceptors (Lipinski definition) is 5. The fourth-order valence-corrected chi connectivity index (χ4v) is 5.75. The Morgan fingerprint density at radius 1 is 0.947 bits per heavy atom. The fourth-order valence-electron chi connectivity index (χ4n) is 5.28. The first-order chi connectivity index (χ1) is 18.5. The molecule has 3 aromatic carbocycles. The van der Waals surface area contributed by atoms with E-state index in [1.165, 1.54) is 5.56 Å². The second kappa shape index (κ2) is 11.8. The molecular weight excluding hydrogens is 496 g/mol. The quantitative estimate of drug-likeness (QED) is 0.428. The molecular formula is C30H32N4O3S. The van der Waals surface area contributed by atoms with E-state index in [-0.39, 0.29) is 24.3 Å². The molecule has 2 heterocycles. The lowest BCUT2D eigenvalue weighted by molar-refractivity contribution is -0.125. The van der Waals surface area contributed by atoms with Crippen LogP contribution in [0, 0.1) is 0 Å². The van der Waals surface area contributed by atoms with Gasteiger partial charge in [-0.3, -0.25) is 19.4 Å². The molecule has 8 heteroatoms. The number of nitrogens with zero attached hydrogens (tertiary/aromatic N) is 3. The number of thiocarbonyl (C=S) groups is 1. The van der Waals surface area contributed by atoms with Crippen molar-refractivity contribution in [3.8, 4) is 5.75 Å². The van der Waals surface area contributed by atoms with E-state index in [1.54, 1.807) is 36.3 Å². The van der Waals surface area contributed by atoms with Gasteiger partial charge in [0, 0.05) is 31.4 Å². The minimum atomic E-state index is -0.647. The van der Waals surface area contributed by atoms with Gasteiger partial charge >= 0.3 is 0 Å². The number of rotatable bonds is 8. The number of ether oxygens (including phenoxy) is 1. The number of amides is 2. The van der Waals surface area contributed by atoms with Crippen LogP contribution in [-0.2, 0) is 16.1 Å². The topological polar surface area (TPSA) is 65.1 Å². The average Bonchev–Trinajstić information content (AvgIpc) is 3.19. The summed E-state index contributed by atoms with van der Waals surface area (Å²) in [4.78, 5) is 32.9. The summed E-state index contributed by atoms with van der Waals surface area (Å²) >= 11 is 5.90. The van der Waals surface area contributed by atoms with Crippen molar-refractivity contribution in [1.82, 2.24) is 9.80 Å². The summed E-state index contributed by atoms with van der Waals surface area (Å²) in [6.07, 6.45) is 1.78. The van der Waals surface area contributed by atoms with Crippen molar-refractivity contribution >= 4 is 40.5 Å². The molecule has 5 rings (SSSR count). The van der Waals surface area contributed by atoms with E-state index < -0.39 is 6.04 Å². The molecule has 0 unspecified atom stereocenters. The van der Waals surface area contributed by atoms with Crippen LogP contribution < -0.4 is 15.0 Å². The number of benzene rings is 3. The molecule has 0 spiro atoms. The van der Waals surface area contributed by atoms with Crippen LogP contribution in [0.1, 0.15) is 24.8 Å². The van der Waals surface area contributed by atoms with Crippen LogP contribution in [0.15, 0.2) is 84.9 Å². The van der Waals surface area contributed by atoms with Gasteiger partial charge in [0.05, 0.1) is 19.2 Å². The van der Waals surface area contributed by atoms with Crippen LogP contribution in [0.3, 0.4) is 0 Å². The lowest BCUT2D eigenvalue weighted by Crippen LogP contribution is -2.49. The smallest absolute Gasteiger partial charge is 0.256 e. The van der Waals surface area contributed by atoms with Crippen LogP contribution in [0.2, 0.25) is 0 Å².